The van der Waals surface area contributed by atoms with Gasteiger partial charge < -0.3 is 15.5 Å². The second-order valence-electron chi connectivity index (χ2n) is 8.17. The lowest BCUT2D eigenvalue weighted by Crippen LogP contribution is -2.40. The second-order valence-corrected chi connectivity index (χ2v) is 8.17. The van der Waals surface area contributed by atoms with Crippen molar-refractivity contribution in [2.24, 2.45) is 0 Å². The molecule has 1 amide bonds. The van der Waals surface area contributed by atoms with Crippen LogP contribution < -0.4 is 5.32 Å². The molecule has 30 heavy (non-hydrogen) atoms. The highest BCUT2D eigenvalue weighted by Gasteiger charge is 2.18. The van der Waals surface area contributed by atoms with Crippen molar-refractivity contribution in [2.75, 3.05) is 0 Å². The van der Waals surface area contributed by atoms with Gasteiger partial charge in [0.2, 0.25) is 5.91 Å². The van der Waals surface area contributed by atoms with E-state index in [0.717, 1.165) is 38.5 Å². The SMILES string of the molecule is C=CCCC(NC(=O)CCCCCCCCCCCCCCCCC(=O)O)C(=O)O. The molecule has 1 atom stereocenters. The lowest BCUT2D eigenvalue weighted by Gasteiger charge is -2.13. The summed E-state index contributed by atoms with van der Waals surface area (Å²) in [6.07, 6.45) is 19.3. The number of allylic oxidation sites excluding steroid dienone is 1. The van der Waals surface area contributed by atoms with Gasteiger partial charge in [-0.1, -0.05) is 83.1 Å². The standard InChI is InChI=1S/C24H43NO5/c1-2-3-18-21(24(29)30)25-22(26)19-16-14-12-10-8-6-4-5-7-9-11-13-15-17-20-23(27)28/h2,21H,1,3-20H2,(H,25,26)(H,27,28)(H,29,30). The molecule has 1 unspecified atom stereocenters. The van der Waals surface area contributed by atoms with Crippen molar-refractivity contribution < 1.29 is 24.6 Å². The average molecular weight is 426 g/mol. The Hall–Kier alpha value is -1.85. The van der Waals surface area contributed by atoms with E-state index in [1.807, 2.05) is 0 Å². The van der Waals surface area contributed by atoms with Crippen LogP contribution in [0.5, 0.6) is 0 Å². The molecule has 0 aromatic carbocycles. The number of carboxylic acid groups (broad SMARTS) is 2. The Bertz CT molecular complexity index is 478. The molecular weight excluding hydrogens is 382 g/mol. The molecule has 3 N–H and O–H groups in total. The van der Waals surface area contributed by atoms with Gasteiger partial charge in [0.25, 0.3) is 0 Å². The van der Waals surface area contributed by atoms with Crippen molar-refractivity contribution in [3.8, 4) is 0 Å². The van der Waals surface area contributed by atoms with Gasteiger partial charge in [0.15, 0.2) is 0 Å². The van der Waals surface area contributed by atoms with Gasteiger partial charge >= 0.3 is 11.9 Å². The summed E-state index contributed by atoms with van der Waals surface area (Å²) in [5, 5.41) is 20.3. The van der Waals surface area contributed by atoms with Gasteiger partial charge in [0.05, 0.1) is 0 Å². The predicted octanol–water partition coefficient (Wildman–Crippen LogP) is 5.85. The number of amides is 1. The van der Waals surface area contributed by atoms with Crippen LogP contribution in [0.3, 0.4) is 0 Å². The summed E-state index contributed by atoms with van der Waals surface area (Å²) in [6.45, 7) is 3.58. The number of rotatable bonds is 22. The number of nitrogens with one attached hydrogen (secondary N) is 1. The van der Waals surface area contributed by atoms with Crippen LogP contribution in [0, 0.1) is 0 Å². The van der Waals surface area contributed by atoms with Crippen LogP contribution in [0.2, 0.25) is 0 Å². The molecule has 0 heterocycles. The summed E-state index contributed by atoms with van der Waals surface area (Å²) in [7, 11) is 0. The topological polar surface area (TPSA) is 104 Å². The van der Waals surface area contributed by atoms with Crippen LogP contribution in [0.25, 0.3) is 0 Å². The minimum atomic E-state index is -0.985. The Morgan fingerprint density at radius 2 is 1.10 bits per heavy atom. The predicted molar refractivity (Wildman–Crippen MR) is 121 cm³/mol. The minimum absolute atomic E-state index is 0.173. The average Bonchev–Trinajstić information content (AvgIpc) is 2.70. The van der Waals surface area contributed by atoms with Gasteiger partial charge in [-0.2, -0.15) is 0 Å². The molecule has 0 aliphatic rings. The summed E-state index contributed by atoms with van der Waals surface area (Å²) in [4.78, 5) is 33.4. The fourth-order valence-corrected chi connectivity index (χ4v) is 3.49. The highest BCUT2D eigenvalue weighted by Crippen LogP contribution is 2.14. The first-order valence-corrected chi connectivity index (χ1v) is 11.8. The fraction of sp³-hybridized carbons (Fsp3) is 0.792. The molecule has 0 spiro atoms. The van der Waals surface area contributed by atoms with Crippen molar-refractivity contribution >= 4 is 17.8 Å². The fourth-order valence-electron chi connectivity index (χ4n) is 3.49. The number of hydrogen-bond acceptors (Lipinski definition) is 3. The highest BCUT2D eigenvalue weighted by molar-refractivity contribution is 5.83. The van der Waals surface area contributed by atoms with E-state index in [1.54, 1.807) is 6.08 Å². The number of unbranched alkanes of at least 4 members (excludes halogenated alkanes) is 13. The molecule has 0 aliphatic carbocycles. The zero-order valence-electron chi connectivity index (χ0n) is 18.7. The second kappa shape index (κ2) is 20.4. The largest absolute Gasteiger partial charge is 0.481 e. The smallest absolute Gasteiger partial charge is 0.326 e. The molecule has 0 fully saturated rings. The lowest BCUT2D eigenvalue weighted by molar-refractivity contribution is -0.142. The van der Waals surface area contributed by atoms with Crippen molar-refractivity contribution in [1.82, 2.24) is 5.32 Å². The lowest BCUT2D eigenvalue weighted by atomic mass is 10.0. The molecule has 6 nitrogen and oxygen atoms in total. The number of aliphatic carboxylic acids is 2. The molecule has 6 heteroatoms. The number of hydrogen-bond donors (Lipinski definition) is 3. The number of carboxylic acids is 2. The quantitative estimate of drug-likeness (QED) is 0.149. The summed E-state index contributed by atoms with van der Waals surface area (Å²) < 4.78 is 0. The van der Waals surface area contributed by atoms with E-state index in [1.165, 1.54) is 51.4 Å². The van der Waals surface area contributed by atoms with Crippen molar-refractivity contribution in [2.45, 2.75) is 122 Å². The van der Waals surface area contributed by atoms with Crippen LogP contribution in [-0.4, -0.2) is 34.1 Å². The zero-order chi connectivity index (χ0) is 22.5. The van der Waals surface area contributed by atoms with E-state index in [2.05, 4.69) is 11.9 Å². The Morgan fingerprint density at radius 3 is 1.47 bits per heavy atom. The maximum absolute atomic E-state index is 11.9. The molecule has 0 aromatic heterocycles. The molecule has 174 valence electrons. The van der Waals surface area contributed by atoms with Crippen LogP contribution in [-0.2, 0) is 14.4 Å². The Morgan fingerprint density at radius 1 is 0.700 bits per heavy atom. The summed E-state index contributed by atoms with van der Waals surface area (Å²) in [5.74, 6) is -1.85. The first-order valence-electron chi connectivity index (χ1n) is 11.8. The van der Waals surface area contributed by atoms with Gasteiger partial charge in [-0.15, -0.1) is 6.58 Å². The molecule has 0 saturated heterocycles. The summed E-state index contributed by atoms with van der Waals surface area (Å²) in [6, 6.07) is -0.813. The highest BCUT2D eigenvalue weighted by atomic mass is 16.4. The number of carbonyl (C=O) groups is 3. The molecular formula is C24H43NO5. The maximum Gasteiger partial charge on any atom is 0.326 e. The first-order chi connectivity index (χ1) is 14.5. The van der Waals surface area contributed by atoms with Gasteiger partial charge in [-0.3, -0.25) is 9.59 Å². The molecule has 0 rings (SSSR count). The zero-order valence-corrected chi connectivity index (χ0v) is 18.7. The van der Waals surface area contributed by atoms with Crippen LogP contribution in [0.1, 0.15) is 116 Å². The maximum atomic E-state index is 11.9. The summed E-state index contributed by atoms with van der Waals surface area (Å²) >= 11 is 0. The Balaban J connectivity index is 3.37. The normalized spacial score (nSPS) is 11.7. The van der Waals surface area contributed by atoms with E-state index in [-0.39, 0.29) is 5.91 Å². The molecule has 0 bridgehead atoms. The van der Waals surface area contributed by atoms with Crippen molar-refractivity contribution in [3.63, 3.8) is 0 Å². The van der Waals surface area contributed by atoms with Crippen LogP contribution in [0.15, 0.2) is 12.7 Å². The van der Waals surface area contributed by atoms with Crippen molar-refractivity contribution in [3.05, 3.63) is 12.7 Å². The van der Waals surface area contributed by atoms with E-state index >= 15 is 0 Å². The van der Waals surface area contributed by atoms with Gasteiger partial charge in [-0.05, 0) is 25.7 Å². The van der Waals surface area contributed by atoms with E-state index < -0.39 is 18.0 Å². The third-order valence-corrected chi connectivity index (χ3v) is 5.34. The van der Waals surface area contributed by atoms with Gasteiger partial charge in [-0.25, -0.2) is 4.79 Å². The third kappa shape index (κ3) is 19.5. The van der Waals surface area contributed by atoms with Gasteiger partial charge in [0, 0.05) is 12.8 Å². The van der Waals surface area contributed by atoms with Crippen molar-refractivity contribution in [1.29, 1.82) is 0 Å². The third-order valence-electron chi connectivity index (χ3n) is 5.34. The molecule has 0 aromatic rings. The van der Waals surface area contributed by atoms with Crippen LogP contribution in [0.4, 0.5) is 0 Å². The first kappa shape index (κ1) is 28.1. The van der Waals surface area contributed by atoms with E-state index in [0.29, 0.717) is 25.7 Å². The molecule has 0 radical (unpaired) electrons. The van der Waals surface area contributed by atoms with Gasteiger partial charge in [0.1, 0.15) is 6.04 Å². The monoisotopic (exact) mass is 425 g/mol. The van der Waals surface area contributed by atoms with E-state index in [9.17, 15) is 14.4 Å². The Labute approximate surface area is 182 Å². The van der Waals surface area contributed by atoms with E-state index in [4.69, 9.17) is 10.2 Å². The number of carbonyl (C=O) groups excluding carboxylic acids is 1. The Kier molecular flexibility index (Phi) is 19.2. The van der Waals surface area contributed by atoms with Crippen LogP contribution >= 0.6 is 0 Å². The minimum Gasteiger partial charge on any atom is -0.481 e. The molecule has 0 saturated carbocycles. The summed E-state index contributed by atoms with van der Waals surface area (Å²) in [5.41, 5.74) is 0. The molecule has 0 aliphatic heterocycles.